The fourth-order valence-corrected chi connectivity index (χ4v) is 5.53. The van der Waals surface area contributed by atoms with Gasteiger partial charge in [-0.2, -0.15) is 0 Å². The van der Waals surface area contributed by atoms with Gasteiger partial charge in [0.05, 0.1) is 18.3 Å². The molecular formula is C33H60O8. The van der Waals surface area contributed by atoms with E-state index in [1.165, 1.54) is 25.7 Å². The van der Waals surface area contributed by atoms with E-state index >= 15 is 0 Å². The van der Waals surface area contributed by atoms with Crippen LogP contribution in [0.4, 0.5) is 0 Å². The van der Waals surface area contributed by atoms with Crippen molar-refractivity contribution in [1.29, 1.82) is 0 Å². The van der Waals surface area contributed by atoms with Crippen LogP contribution in [-0.4, -0.2) is 70.0 Å². The van der Waals surface area contributed by atoms with E-state index in [1.807, 2.05) is 6.08 Å². The van der Waals surface area contributed by atoms with Crippen molar-refractivity contribution in [2.45, 2.75) is 160 Å². The number of ether oxygens (including phenoxy) is 2. The van der Waals surface area contributed by atoms with Crippen LogP contribution in [0.5, 0.6) is 0 Å². The summed E-state index contributed by atoms with van der Waals surface area (Å²) in [5.74, 6) is -0.881. The third-order valence-corrected chi connectivity index (χ3v) is 8.10. The first-order chi connectivity index (χ1) is 19.8. The first-order valence-corrected chi connectivity index (χ1v) is 16.5. The average molecular weight is 585 g/mol. The number of hydrogen-bond donors (Lipinski definition) is 4. The molecule has 6 atom stereocenters. The maximum absolute atomic E-state index is 12.0. The molecule has 0 aromatic carbocycles. The van der Waals surface area contributed by atoms with Gasteiger partial charge >= 0.3 is 11.9 Å². The molecule has 0 spiro atoms. The molecule has 8 nitrogen and oxygen atoms in total. The fraction of sp³-hybridized carbons (Fsp3) is 0.879. The molecule has 0 aromatic heterocycles. The summed E-state index contributed by atoms with van der Waals surface area (Å²) in [5, 5.41) is 40.9. The molecule has 1 saturated carbocycles. The van der Waals surface area contributed by atoms with Gasteiger partial charge in [-0.1, -0.05) is 103 Å². The molecule has 8 heteroatoms. The highest BCUT2D eigenvalue weighted by molar-refractivity contribution is 5.69. The first kappa shape index (κ1) is 37.5. The molecule has 0 unspecified atom stereocenters. The van der Waals surface area contributed by atoms with Crippen LogP contribution in [0.3, 0.4) is 0 Å². The lowest BCUT2D eigenvalue weighted by atomic mass is 9.88. The van der Waals surface area contributed by atoms with E-state index in [-0.39, 0.29) is 43.4 Å². The SMILES string of the molecule is CCCCCCCCCC(=O)OC[C@@H](O)COC(=O)CCCCCC[C@@H]1[C@@H](/C=C/[C@@H](O)CCCCC)[C@H](O)C[C@@H]1O. The Labute approximate surface area is 248 Å². The van der Waals surface area contributed by atoms with Crippen LogP contribution in [0.15, 0.2) is 12.2 Å². The number of esters is 2. The van der Waals surface area contributed by atoms with Gasteiger partial charge in [-0.15, -0.1) is 0 Å². The summed E-state index contributed by atoms with van der Waals surface area (Å²) < 4.78 is 10.2. The van der Waals surface area contributed by atoms with Crippen LogP contribution >= 0.6 is 0 Å². The summed E-state index contributed by atoms with van der Waals surface area (Å²) >= 11 is 0. The Morgan fingerprint density at radius 2 is 1.24 bits per heavy atom. The fourth-order valence-electron chi connectivity index (χ4n) is 5.53. The Hall–Kier alpha value is -1.48. The smallest absolute Gasteiger partial charge is 0.305 e. The van der Waals surface area contributed by atoms with Crippen LogP contribution in [0.25, 0.3) is 0 Å². The molecule has 1 rings (SSSR count). The van der Waals surface area contributed by atoms with Gasteiger partial charge < -0.3 is 29.9 Å². The van der Waals surface area contributed by atoms with Crippen molar-refractivity contribution < 1.29 is 39.5 Å². The molecule has 0 aliphatic heterocycles. The monoisotopic (exact) mass is 584 g/mol. The Morgan fingerprint density at radius 1 is 0.732 bits per heavy atom. The van der Waals surface area contributed by atoms with Gasteiger partial charge in [-0.25, -0.2) is 0 Å². The number of rotatable bonds is 25. The van der Waals surface area contributed by atoms with Gasteiger partial charge in [0.2, 0.25) is 0 Å². The van der Waals surface area contributed by atoms with Crippen LogP contribution in [-0.2, 0) is 19.1 Å². The molecule has 0 aromatic rings. The van der Waals surface area contributed by atoms with Crippen LogP contribution in [0.1, 0.15) is 136 Å². The van der Waals surface area contributed by atoms with Crippen LogP contribution in [0.2, 0.25) is 0 Å². The van der Waals surface area contributed by atoms with Crippen molar-refractivity contribution in [2.75, 3.05) is 13.2 Å². The summed E-state index contributed by atoms with van der Waals surface area (Å²) in [6.07, 6.45) is 17.8. The predicted molar refractivity (Wildman–Crippen MR) is 161 cm³/mol. The van der Waals surface area contributed by atoms with E-state index in [9.17, 15) is 30.0 Å². The molecule has 0 saturated heterocycles. The molecule has 1 fully saturated rings. The Bertz CT molecular complexity index is 697. The molecule has 0 bridgehead atoms. The van der Waals surface area contributed by atoms with E-state index in [4.69, 9.17) is 9.47 Å². The van der Waals surface area contributed by atoms with E-state index in [0.717, 1.165) is 64.2 Å². The molecule has 0 heterocycles. The maximum Gasteiger partial charge on any atom is 0.305 e. The van der Waals surface area contributed by atoms with Crippen LogP contribution < -0.4 is 0 Å². The normalized spacial score (nSPS) is 22.2. The standard InChI is InChI=1S/C33H60O8/c1-3-5-7-8-9-10-15-19-32(38)40-24-27(35)25-41-33(39)20-16-12-11-14-18-28-29(31(37)23-30(28)36)22-21-26(34)17-13-6-4-2/h21-22,26-31,34-37H,3-20,23-25H2,1-2H3/b22-21+/t26-,27+,28+,29+,30-,31+/m0/s1. The minimum atomic E-state index is -1.02. The van der Waals surface area contributed by atoms with Crippen molar-refractivity contribution in [2.24, 2.45) is 11.8 Å². The zero-order valence-electron chi connectivity index (χ0n) is 25.9. The molecule has 4 N–H and O–H groups in total. The summed E-state index contributed by atoms with van der Waals surface area (Å²) in [5.41, 5.74) is 0. The van der Waals surface area contributed by atoms with Gasteiger partial charge in [0, 0.05) is 25.2 Å². The minimum absolute atomic E-state index is 0.0276. The molecule has 0 radical (unpaired) electrons. The van der Waals surface area contributed by atoms with Gasteiger partial charge in [0.1, 0.15) is 19.3 Å². The molecule has 0 amide bonds. The Kier molecular flexibility index (Phi) is 22.0. The van der Waals surface area contributed by atoms with E-state index in [0.29, 0.717) is 25.7 Å². The zero-order chi connectivity index (χ0) is 30.3. The summed E-state index contributed by atoms with van der Waals surface area (Å²) in [6.45, 7) is 3.96. The van der Waals surface area contributed by atoms with Crippen molar-refractivity contribution >= 4 is 11.9 Å². The molecule has 1 aliphatic carbocycles. The highest BCUT2D eigenvalue weighted by Gasteiger charge is 2.39. The number of aliphatic hydroxyl groups is 4. The number of unbranched alkanes of at least 4 members (excludes halogenated alkanes) is 11. The number of hydrogen-bond acceptors (Lipinski definition) is 8. The lowest BCUT2D eigenvalue weighted by Crippen LogP contribution is -2.25. The van der Waals surface area contributed by atoms with E-state index in [1.54, 1.807) is 6.08 Å². The minimum Gasteiger partial charge on any atom is -0.463 e. The average Bonchev–Trinajstić information content (AvgIpc) is 3.22. The van der Waals surface area contributed by atoms with E-state index < -0.39 is 24.4 Å². The van der Waals surface area contributed by atoms with Crippen molar-refractivity contribution in [1.82, 2.24) is 0 Å². The van der Waals surface area contributed by atoms with E-state index in [2.05, 4.69) is 13.8 Å². The highest BCUT2D eigenvalue weighted by Crippen LogP contribution is 2.37. The third-order valence-electron chi connectivity index (χ3n) is 8.10. The quantitative estimate of drug-likeness (QED) is 0.0604. The maximum atomic E-state index is 12.0. The second-order valence-corrected chi connectivity index (χ2v) is 11.9. The number of carbonyl (C=O) groups is 2. The van der Waals surface area contributed by atoms with Crippen LogP contribution in [0, 0.1) is 11.8 Å². The van der Waals surface area contributed by atoms with Crippen molar-refractivity contribution in [3.8, 4) is 0 Å². The lowest BCUT2D eigenvalue weighted by Gasteiger charge is -2.21. The Morgan fingerprint density at radius 3 is 1.83 bits per heavy atom. The zero-order valence-corrected chi connectivity index (χ0v) is 25.9. The first-order valence-electron chi connectivity index (χ1n) is 16.5. The highest BCUT2D eigenvalue weighted by atomic mass is 16.6. The topological polar surface area (TPSA) is 134 Å². The van der Waals surface area contributed by atoms with Gasteiger partial charge in [0.25, 0.3) is 0 Å². The largest absolute Gasteiger partial charge is 0.463 e. The summed E-state index contributed by atoms with van der Waals surface area (Å²) in [6, 6.07) is 0. The van der Waals surface area contributed by atoms with Gasteiger partial charge in [-0.3, -0.25) is 9.59 Å². The number of aliphatic hydroxyl groups excluding tert-OH is 4. The third kappa shape index (κ3) is 18.6. The molecule has 1 aliphatic rings. The summed E-state index contributed by atoms with van der Waals surface area (Å²) in [4.78, 5) is 23.8. The lowest BCUT2D eigenvalue weighted by molar-refractivity contribution is -0.152. The van der Waals surface area contributed by atoms with Gasteiger partial charge in [-0.05, 0) is 31.6 Å². The van der Waals surface area contributed by atoms with Gasteiger partial charge in [0.15, 0.2) is 0 Å². The second-order valence-electron chi connectivity index (χ2n) is 11.9. The Balaban J connectivity index is 2.12. The molecule has 240 valence electrons. The molecule has 41 heavy (non-hydrogen) atoms. The van der Waals surface area contributed by atoms with Crippen molar-refractivity contribution in [3.63, 3.8) is 0 Å². The second kappa shape index (κ2) is 24.0. The summed E-state index contributed by atoms with van der Waals surface area (Å²) in [7, 11) is 0. The number of carbonyl (C=O) groups excluding carboxylic acids is 2. The van der Waals surface area contributed by atoms with Crippen molar-refractivity contribution in [3.05, 3.63) is 12.2 Å². The molecular weight excluding hydrogens is 524 g/mol. The predicted octanol–water partition coefficient (Wildman–Crippen LogP) is 5.77.